The lowest BCUT2D eigenvalue weighted by Crippen LogP contribution is -2.45. The molecule has 0 heterocycles. The van der Waals surface area contributed by atoms with E-state index in [4.69, 9.17) is 15.0 Å². The summed E-state index contributed by atoms with van der Waals surface area (Å²) in [5, 5.41) is 15.5. The van der Waals surface area contributed by atoms with Crippen LogP contribution in [0.3, 0.4) is 0 Å². The Balaban J connectivity index is 0. The van der Waals surface area contributed by atoms with Gasteiger partial charge < -0.3 is 14.7 Å². The fourth-order valence-electron chi connectivity index (χ4n) is 0.781. The normalized spacial score (nSPS) is 10.0. The fraction of sp³-hybridized carbons (Fsp3) is 0.875. The Bertz CT molecular complexity index is 102. The number of carbonyl (C=O) groups is 1. The number of aliphatic hydroxyl groups excluding tert-OH is 1. The number of rotatable bonds is 4. The topological polar surface area (TPSA) is 57.5 Å². The van der Waals surface area contributed by atoms with Gasteiger partial charge in [-0.05, 0) is 13.8 Å². The van der Waals surface area contributed by atoms with Crippen molar-refractivity contribution in [2.24, 2.45) is 0 Å². The lowest BCUT2D eigenvalue weighted by molar-refractivity contribution is -0.906. The summed E-state index contributed by atoms with van der Waals surface area (Å²) >= 11 is 0. The summed E-state index contributed by atoms with van der Waals surface area (Å²) in [6.45, 7) is 7.46. The SMILES string of the molecule is CC[N+](C)(CC)CCO.O=CO. The molecule has 0 spiro atoms. The molecular weight excluding hydrogens is 158 g/mol. The number of likely N-dealkylation sites (N-methyl/N-ethyl adjacent to an activating group) is 1. The van der Waals surface area contributed by atoms with Crippen LogP contribution in [0, 0.1) is 0 Å². The Kier molecular flexibility index (Phi) is 9.86. The second-order valence-electron chi connectivity index (χ2n) is 2.80. The van der Waals surface area contributed by atoms with Gasteiger partial charge in [0.2, 0.25) is 0 Å². The molecule has 4 heteroatoms. The van der Waals surface area contributed by atoms with Gasteiger partial charge in [0.15, 0.2) is 0 Å². The maximum atomic E-state index is 8.65. The van der Waals surface area contributed by atoms with Crippen molar-refractivity contribution in [2.45, 2.75) is 13.8 Å². The number of aliphatic hydroxyl groups is 1. The van der Waals surface area contributed by atoms with Crippen LogP contribution in [-0.2, 0) is 4.79 Å². The van der Waals surface area contributed by atoms with Crippen molar-refractivity contribution in [2.75, 3.05) is 33.3 Å². The van der Waals surface area contributed by atoms with Gasteiger partial charge in [-0.3, -0.25) is 4.79 Å². The highest BCUT2D eigenvalue weighted by Crippen LogP contribution is 1.98. The molecule has 0 aliphatic carbocycles. The largest absolute Gasteiger partial charge is 0.483 e. The first kappa shape index (κ1) is 13.9. The molecular formula is C8H20NO3+. The Labute approximate surface area is 74.0 Å². The number of hydrogen-bond donors (Lipinski definition) is 2. The van der Waals surface area contributed by atoms with E-state index in [0.717, 1.165) is 24.1 Å². The average molecular weight is 178 g/mol. The monoisotopic (exact) mass is 178 g/mol. The average Bonchev–Trinajstić information content (AvgIpc) is 2.06. The molecule has 0 unspecified atom stereocenters. The zero-order valence-electron chi connectivity index (χ0n) is 8.16. The van der Waals surface area contributed by atoms with E-state index >= 15 is 0 Å². The third-order valence-corrected chi connectivity index (χ3v) is 2.17. The van der Waals surface area contributed by atoms with E-state index in [1.165, 1.54) is 0 Å². The first-order valence-electron chi connectivity index (χ1n) is 4.12. The molecule has 12 heavy (non-hydrogen) atoms. The van der Waals surface area contributed by atoms with Crippen LogP contribution in [0.5, 0.6) is 0 Å². The molecule has 0 aromatic carbocycles. The molecule has 0 saturated carbocycles. The first-order chi connectivity index (χ1) is 5.60. The van der Waals surface area contributed by atoms with Crippen molar-refractivity contribution in [1.82, 2.24) is 0 Å². The second-order valence-corrected chi connectivity index (χ2v) is 2.80. The van der Waals surface area contributed by atoms with Crippen LogP contribution in [0.15, 0.2) is 0 Å². The number of carboxylic acid groups (broad SMARTS) is 1. The molecule has 0 radical (unpaired) electrons. The minimum Gasteiger partial charge on any atom is -0.483 e. The lowest BCUT2D eigenvalue weighted by atomic mass is 10.4. The molecule has 0 bridgehead atoms. The molecule has 0 rings (SSSR count). The van der Waals surface area contributed by atoms with E-state index in [9.17, 15) is 0 Å². The van der Waals surface area contributed by atoms with Gasteiger partial charge in [-0.2, -0.15) is 0 Å². The molecule has 0 amide bonds. The van der Waals surface area contributed by atoms with Crippen molar-refractivity contribution in [3.8, 4) is 0 Å². The molecule has 0 aliphatic heterocycles. The highest BCUT2D eigenvalue weighted by molar-refractivity contribution is 5.32. The summed E-state index contributed by atoms with van der Waals surface area (Å²) in [6.07, 6.45) is 0. The Morgan fingerprint density at radius 3 is 1.75 bits per heavy atom. The maximum absolute atomic E-state index is 8.65. The van der Waals surface area contributed by atoms with Crippen LogP contribution in [0.4, 0.5) is 0 Å². The molecule has 4 nitrogen and oxygen atoms in total. The van der Waals surface area contributed by atoms with Crippen LogP contribution in [-0.4, -0.2) is 54.5 Å². The van der Waals surface area contributed by atoms with E-state index in [0.29, 0.717) is 6.61 Å². The van der Waals surface area contributed by atoms with Gasteiger partial charge in [-0.15, -0.1) is 0 Å². The van der Waals surface area contributed by atoms with Crippen molar-refractivity contribution < 1.29 is 19.5 Å². The Morgan fingerprint density at radius 1 is 1.33 bits per heavy atom. The third-order valence-electron chi connectivity index (χ3n) is 2.17. The van der Waals surface area contributed by atoms with Crippen LogP contribution in [0.25, 0.3) is 0 Å². The molecule has 74 valence electrons. The van der Waals surface area contributed by atoms with Crippen molar-refractivity contribution in [1.29, 1.82) is 0 Å². The standard InChI is InChI=1S/C7H18NO.CH2O2/c1-4-8(3,5-2)6-7-9;2-1-3/h9H,4-7H2,1-3H3;1H,(H,2,3)/q+1;. The molecule has 0 aromatic heterocycles. The minimum absolute atomic E-state index is 0.250. The van der Waals surface area contributed by atoms with E-state index in [2.05, 4.69) is 20.9 Å². The van der Waals surface area contributed by atoms with E-state index in [1.807, 2.05) is 0 Å². The number of nitrogens with zero attached hydrogens (tertiary/aromatic N) is 1. The Hall–Kier alpha value is -0.610. The smallest absolute Gasteiger partial charge is 0.290 e. The van der Waals surface area contributed by atoms with Crippen LogP contribution >= 0.6 is 0 Å². The number of hydrogen-bond acceptors (Lipinski definition) is 2. The molecule has 0 fully saturated rings. The molecule has 0 aliphatic rings. The molecule has 0 atom stereocenters. The summed E-state index contributed by atoms with van der Waals surface area (Å²) in [6, 6.07) is 0. The highest BCUT2D eigenvalue weighted by atomic mass is 16.3. The van der Waals surface area contributed by atoms with Gasteiger partial charge in [0.05, 0.1) is 26.7 Å². The van der Waals surface area contributed by atoms with Crippen LogP contribution in [0.2, 0.25) is 0 Å². The second kappa shape index (κ2) is 8.49. The van der Waals surface area contributed by atoms with Crippen molar-refractivity contribution >= 4 is 6.47 Å². The summed E-state index contributed by atoms with van der Waals surface area (Å²) in [5.74, 6) is 0. The Morgan fingerprint density at radius 2 is 1.67 bits per heavy atom. The van der Waals surface area contributed by atoms with Crippen molar-refractivity contribution in [3.05, 3.63) is 0 Å². The zero-order chi connectivity index (χ0) is 10.0. The van der Waals surface area contributed by atoms with Crippen LogP contribution < -0.4 is 0 Å². The van der Waals surface area contributed by atoms with Crippen LogP contribution in [0.1, 0.15) is 13.8 Å². The number of quaternary nitrogens is 1. The molecule has 0 aromatic rings. The summed E-state index contributed by atoms with van der Waals surface area (Å²) in [4.78, 5) is 8.36. The lowest BCUT2D eigenvalue weighted by Gasteiger charge is -2.31. The quantitative estimate of drug-likeness (QED) is 0.476. The predicted molar refractivity (Wildman–Crippen MR) is 47.9 cm³/mol. The van der Waals surface area contributed by atoms with Gasteiger partial charge in [0.25, 0.3) is 6.47 Å². The first-order valence-corrected chi connectivity index (χ1v) is 4.12. The van der Waals surface area contributed by atoms with Gasteiger partial charge in [0.1, 0.15) is 6.54 Å². The summed E-state index contributed by atoms with van der Waals surface area (Å²) in [5.41, 5.74) is 0. The maximum Gasteiger partial charge on any atom is 0.290 e. The predicted octanol–water partition coefficient (Wildman–Crippen LogP) is 0.166. The summed E-state index contributed by atoms with van der Waals surface area (Å²) < 4.78 is 0.983. The minimum atomic E-state index is -0.250. The third kappa shape index (κ3) is 7.50. The van der Waals surface area contributed by atoms with Crippen molar-refractivity contribution in [3.63, 3.8) is 0 Å². The fourth-order valence-corrected chi connectivity index (χ4v) is 0.781. The van der Waals surface area contributed by atoms with Gasteiger partial charge in [-0.25, -0.2) is 0 Å². The van der Waals surface area contributed by atoms with Gasteiger partial charge in [-0.1, -0.05) is 0 Å². The van der Waals surface area contributed by atoms with E-state index < -0.39 is 0 Å². The summed E-state index contributed by atoms with van der Waals surface area (Å²) in [7, 11) is 2.16. The zero-order valence-corrected chi connectivity index (χ0v) is 8.16. The molecule has 0 saturated heterocycles. The molecule has 2 N–H and O–H groups in total. The van der Waals surface area contributed by atoms with Gasteiger partial charge in [0, 0.05) is 0 Å². The van der Waals surface area contributed by atoms with E-state index in [-0.39, 0.29) is 6.47 Å². The van der Waals surface area contributed by atoms with Gasteiger partial charge >= 0.3 is 0 Å². The van der Waals surface area contributed by atoms with E-state index in [1.54, 1.807) is 0 Å². The highest BCUT2D eigenvalue weighted by Gasteiger charge is 2.13.